The molecular weight excluding hydrogens is 164 g/mol. The van der Waals surface area contributed by atoms with Crippen LogP contribution < -0.4 is 0 Å². The zero-order valence-corrected chi connectivity index (χ0v) is 8.25. The van der Waals surface area contributed by atoms with Crippen LogP contribution in [0.3, 0.4) is 0 Å². The van der Waals surface area contributed by atoms with Gasteiger partial charge in [0.25, 0.3) is 0 Å². The van der Waals surface area contributed by atoms with E-state index in [0.717, 1.165) is 25.4 Å². The van der Waals surface area contributed by atoms with Gasteiger partial charge in [-0.3, -0.25) is 0 Å². The van der Waals surface area contributed by atoms with Crippen molar-refractivity contribution >= 4 is 12.6 Å². The van der Waals surface area contributed by atoms with Crippen molar-refractivity contribution in [2.45, 2.75) is 33.1 Å². The van der Waals surface area contributed by atoms with E-state index in [1.807, 2.05) is 13.0 Å². The first-order valence-electron chi connectivity index (χ1n) is 4.74. The van der Waals surface area contributed by atoms with Gasteiger partial charge in [-0.25, -0.2) is 0 Å². The Balaban J connectivity index is 2.86. The van der Waals surface area contributed by atoms with Gasteiger partial charge in [0.1, 0.15) is 12.6 Å². The molecule has 0 saturated heterocycles. The average molecular weight is 180 g/mol. The SMILES string of the molecule is CCC1=CC(C=O)CC(C)(C=O)C1. The number of rotatable bonds is 3. The molecule has 0 aromatic heterocycles. The number of allylic oxidation sites excluding steroid dienone is 2. The summed E-state index contributed by atoms with van der Waals surface area (Å²) in [5, 5.41) is 0. The van der Waals surface area contributed by atoms with E-state index >= 15 is 0 Å². The molecule has 1 aliphatic rings. The predicted molar refractivity (Wildman–Crippen MR) is 51.3 cm³/mol. The Hall–Kier alpha value is -0.920. The monoisotopic (exact) mass is 180 g/mol. The first-order valence-corrected chi connectivity index (χ1v) is 4.74. The minimum absolute atomic E-state index is 0.0566. The second-order valence-electron chi connectivity index (χ2n) is 4.13. The first kappa shape index (κ1) is 10.2. The highest BCUT2D eigenvalue weighted by atomic mass is 16.1. The molecule has 2 atom stereocenters. The van der Waals surface area contributed by atoms with Crippen molar-refractivity contribution in [1.82, 2.24) is 0 Å². The fourth-order valence-corrected chi connectivity index (χ4v) is 1.97. The van der Waals surface area contributed by atoms with Crippen molar-refractivity contribution in [3.63, 3.8) is 0 Å². The van der Waals surface area contributed by atoms with Gasteiger partial charge in [-0.1, -0.05) is 25.5 Å². The van der Waals surface area contributed by atoms with E-state index in [0.29, 0.717) is 6.42 Å². The lowest BCUT2D eigenvalue weighted by Gasteiger charge is -2.30. The Morgan fingerprint density at radius 3 is 2.77 bits per heavy atom. The van der Waals surface area contributed by atoms with E-state index in [4.69, 9.17) is 0 Å². The highest BCUT2D eigenvalue weighted by molar-refractivity contribution is 5.65. The summed E-state index contributed by atoms with van der Waals surface area (Å²) in [6.07, 6.45) is 6.37. The van der Waals surface area contributed by atoms with Gasteiger partial charge < -0.3 is 9.59 Å². The third kappa shape index (κ3) is 2.27. The summed E-state index contributed by atoms with van der Waals surface area (Å²) in [4.78, 5) is 21.5. The zero-order valence-electron chi connectivity index (χ0n) is 8.25. The van der Waals surface area contributed by atoms with E-state index in [1.54, 1.807) is 0 Å². The molecule has 0 radical (unpaired) electrons. The fourth-order valence-electron chi connectivity index (χ4n) is 1.97. The third-order valence-corrected chi connectivity index (χ3v) is 2.70. The van der Waals surface area contributed by atoms with Gasteiger partial charge in [0, 0.05) is 11.3 Å². The van der Waals surface area contributed by atoms with Crippen LogP contribution >= 0.6 is 0 Å². The molecule has 2 unspecified atom stereocenters. The number of hydrogen-bond donors (Lipinski definition) is 0. The van der Waals surface area contributed by atoms with Crippen molar-refractivity contribution in [1.29, 1.82) is 0 Å². The number of aldehydes is 2. The first-order chi connectivity index (χ1) is 6.13. The van der Waals surface area contributed by atoms with Crippen LogP contribution in [0.2, 0.25) is 0 Å². The van der Waals surface area contributed by atoms with Gasteiger partial charge in [-0.15, -0.1) is 0 Å². The lowest BCUT2D eigenvalue weighted by molar-refractivity contribution is -0.117. The maximum atomic E-state index is 10.9. The van der Waals surface area contributed by atoms with Crippen LogP contribution in [-0.2, 0) is 9.59 Å². The number of carbonyl (C=O) groups is 2. The van der Waals surface area contributed by atoms with E-state index in [1.165, 1.54) is 5.57 Å². The molecule has 0 fully saturated rings. The Kier molecular flexibility index (Phi) is 3.02. The van der Waals surface area contributed by atoms with Crippen LogP contribution in [0.5, 0.6) is 0 Å². The minimum atomic E-state index is -0.314. The molecular formula is C11H16O2. The summed E-state index contributed by atoms with van der Waals surface area (Å²) < 4.78 is 0. The smallest absolute Gasteiger partial charge is 0.126 e. The van der Waals surface area contributed by atoms with Crippen molar-refractivity contribution in [3.05, 3.63) is 11.6 Å². The van der Waals surface area contributed by atoms with Gasteiger partial charge in [-0.2, -0.15) is 0 Å². The lowest BCUT2D eigenvalue weighted by atomic mass is 9.72. The number of hydrogen-bond acceptors (Lipinski definition) is 2. The predicted octanol–water partition coefficient (Wildman–Crippen LogP) is 2.14. The molecule has 0 spiro atoms. The minimum Gasteiger partial charge on any atom is -0.303 e. The molecule has 2 nitrogen and oxygen atoms in total. The second-order valence-corrected chi connectivity index (χ2v) is 4.13. The number of carbonyl (C=O) groups excluding carboxylic acids is 2. The van der Waals surface area contributed by atoms with Gasteiger partial charge >= 0.3 is 0 Å². The molecule has 0 aliphatic heterocycles. The van der Waals surface area contributed by atoms with Crippen LogP contribution in [0, 0.1) is 11.3 Å². The maximum Gasteiger partial charge on any atom is 0.126 e. The fraction of sp³-hybridized carbons (Fsp3) is 0.636. The second kappa shape index (κ2) is 3.86. The Morgan fingerprint density at radius 2 is 2.31 bits per heavy atom. The van der Waals surface area contributed by atoms with E-state index in [2.05, 4.69) is 6.92 Å². The lowest BCUT2D eigenvalue weighted by Crippen LogP contribution is -2.27. The molecule has 1 rings (SSSR count). The van der Waals surface area contributed by atoms with Crippen LogP contribution in [0.25, 0.3) is 0 Å². The van der Waals surface area contributed by atoms with Gasteiger partial charge in [-0.05, 0) is 19.3 Å². The molecule has 0 N–H and O–H groups in total. The molecule has 0 saturated carbocycles. The zero-order chi connectivity index (χ0) is 9.90. The van der Waals surface area contributed by atoms with Gasteiger partial charge in [0.2, 0.25) is 0 Å². The summed E-state index contributed by atoms with van der Waals surface area (Å²) in [6, 6.07) is 0. The van der Waals surface area contributed by atoms with Crippen LogP contribution in [0.1, 0.15) is 33.1 Å². The van der Waals surface area contributed by atoms with Crippen LogP contribution in [0.15, 0.2) is 11.6 Å². The summed E-state index contributed by atoms with van der Waals surface area (Å²) in [5.74, 6) is -0.0566. The van der Waals surface area contributed by atoms with E-state index < -0.39 is 0 Å². The average Bonchev–Trinajstić information content (AvgIpc) is 2.17. The summed E-state index contributed by atoms with van der Waals surface area (Å²) in [7, 11) is 0. The van der Waals surface area contributed by atoms with E-state index in [9.17, 15) is 9.59 Å². The topological polar surface area (TPSA) is 34.1 Å². The molecule has 0 amide bonds. The Labute approximate surface area is 79.0 Å². The molecule has 13 heavy (non-hydrogen) atoms. The van der Waals surface area contributed by atoms with Crippen LogP contribution in [0.4, 0.5) is 0 Å². The molecule has 72 valence electrons. The highest BCUT2D eigenvalue weighted by Crippen LogP contribution is 2.37. The molecule has 0 aromatic rings. The standard InChI is InChI=1S/C11H16O2/c1-3-9-4-10(7-12)6-11(2,5-9)8-13/h4,7-8,10H,3,5-6H2,1-2H3. The van der Waals surface area contributed by atoms with Gasteiger partial charge in [0.05, 0.1) is 0 Å². The highest BCUT2D eigenvalue weighted by Gasteiger charge is 2.31. The quantitative estimate of drug-likeness (QED) is 0.492. The van der Waals surface area contributed by atoms with Crippen molar-refractivity contribution in [2.75, 3.05) is 0 Å². The maximum absolute atomic E-state index is 10.9. The molecule has 2 heteroatoms. The molecule has 0 heterocycles. The van der Waals surface area contributed by atoms with Crippen molar-refractivity contribution < 1.29 is 9.59 Å². The van der Waals surface area contributed by atoms with E-state index in [-0.39, 0.29) is 11.3 Å². The third-order valence-electron chi connectivity index (χ3n) is 2.70. The molecule has 0 aromatic carbocycles. The van der Waals surface area contributed by atoms with Gasteiger partial charge in [0.15, 0.2) is 0 Å². The summed E-state index contributed by atoms with van der Waals surface area (Å²) in [5.41, 5.74) is 0.920. The normalized spacial score (nSPS) is 33.7. The Bertz CT molecular complexity index is 242. The Morgan fingerprint density at radius 1 is 1.62 bits per heavy atom. The van der Waals surface area contributed by atoms with Crippen LogP contribution in [-0.4, -0.2) is 12.6 Å². The van der Waals surface area contributed by atoms with Crippen molar-refractivity contribution in [2.24, 2.45) is 11.3 Å². The molecule has 0 bridgehead atoms. The summed E-state index contributed by atoms with van der Waals surface area (Å²) in [6.45, 7) is 3.99. The van der Waals surface area contributed by atoms with Crippen molar-refractivity contribution in [3.8, 4) is 0 Å². The summed E-state index contributed by atoms with van der Waals surface area (Å²) >= 11 is 0. The largest absolute Gasteiger partial charge is 0.303 e. The molecule has 1 aliphatic carbocycles.